The molecule has 0 radical (unpaired) electrons. The number of benzene rings is 1. The summed E-state index contributed by atoms with van der Waals surface area (Å²) in [6, 6.07) is 4.32. The summed E-state index contributed by atoms with van der Waals surface area (Å²) in [4.78, 5) is 10.0. The molecule has 0 unspecified atom stereocenters. The Kier molecular flexibility index (Phi) is 1.93. The first-order chi connectivity index (χ1) is 6.68. The number of nitrogens with one attached hydrogen (secondary N) is 1. The van der Waals surface area contributed by atoms with Gasteiger partial charge in [-0.3, -0.25) is 15.2 Å². The van der Waals surface area contributed by atoms with E-state index in [9.17, 15) is 10.1 Å². The third-order valence-electron chi connectivity index (χ3n) is 1.76. The molecule has 2 aromatic rings. The van der Waals surface area contributed by atoms with Gasteiger partial charge in [-0.05, 0) is 6.07 Å². The quantitative estimate of drug-likeness (QED) is 0.437. The van der Waals surface area contributed by atoms with Crippen LogP contribution in [0.5, 0.6) is 0 Å². The van der Waals surface area contributed by atoms with E-state index >= 15 is 0 Å². The number of nitro groups is 1. The van der Waals surface area contributed by atoms with E-state index < -0.39 is 4.92 Å². The zero-order valence-electron chi connectivity index (χ0n) is 6.80. The maximum atomic E-state index is 10.5. The third kappa shape index (κ3) is 1.33. The molecule has 0 spiro atoms. The standard InChI is InChI=1S/C7H4N4O2S/c12-11(13)4-1-2-6-5(3-4)7(14)9-10-8-6/h1-3H,(H,8,9,14). The fraction of sp³-hybridized carbons (Fsp3) is 0. The Morgan fingerprint density at radius 3 is 3.00 bits per heavy atom. The minimum Gasteiger partial charge on any atom is -0.259 e. The van der Waals surface area contributed by atoms with Crippen molar-refractivity contribution in [1.82, 2.24) is 15.4 Å². The summed E-state index contributed by atoms with van der Waals surface area (Å²) < 4.78 is 0.252. The van der Waals surface area contributed by atoms with Crippen LogP contribution in [-0.4, -0.2) is 20.3 Å². The predicted molar refractivity (Wildman–Crippen MR) is 51.4 cm³/mol. The van der Waals surface area contributed by atoms with Gasteiger partial charge in [-0.1, -0.05) is 17.4 Å². The van der Waals surface area contributed by atoms with Gasteiger partial charge < -0.3 is 0 Å². The molecule has 14 heavy (non-hydrogen) atoms. The number of aromatic amines is 1. The first-order valence-corrected chi connectivity index (χ1v) is 4.09. The zero-order chi connectivity index (χ0) is 10.1. The van der Waals surface area contributed by atoms with Crippen LogP contribution in [0.2, 0.25) is 0 Å². The summed E-state index contributed by atoms with van der Waals surface area (Å²) in [5, 5.41) is 20.8. The second kappa shape index (κ2) is 3.11. The number of hydrogen-bond acceptors (Lipinski definition) is 5. The molecule has 0 saturated carbocycles. The molecule has 1 aromatic heterocycles. The molecule has 70 valence electrons. The maximum Gasteiger partial charge on any atom is 0.270 e. The Morgan fingerprint density at radius 1 is 1.50 bits per heavy atom. The van der Waals surface area contributed by atoms with Crippen molar-refractivity contribution in [1.29, 1.82) is 0 Å². The van der Waals surface area contributed by atoms with E-state index in [1.165, 1.54) is 12.1 Å². The Morgan fingerprint density at radius 2 is 2.29 bits per heavy atom. The van der Waals surface area contributed by atoms with Gasteiger partial charge >= 0.3 is 0 Å². The molecule has 0 amide bonds. The van der Waals surface area contributed by atoms with Gasteiger partial charge in [-0.25, -0.2) is 0 Å². The Bertz CT molecular complexity index is 565. The molecule has 0 aliphatic carbocycles. The number of nitro benzene ring substituents is 1. The normalized spacial score (nSPS) is 10.3. The van der Waals surface area contributed by atoms with E-state index in [0.717, 1.165) is 0 Å². The molecule has 0 bridgehead atoms. The molecule has 2 rings (SSSR count). The van der Waals surface area contributed by atoms with Gasteiger partial charge in [-0.2, -0.15) is 0 Å². The second-order valence-electron chi connectivity index (χ2n) is 2.60. The van der Waals surface area contributed by atoms with Crippen LogP contribution in [0.1, 0.15) is 0 Å². The van der Waals surface area contributed by atoms with Gasteiger partial charge in [-0.15, -0.1) is 5.10 Å². The van der Waals surface area contributed by atoms with Crippen molar-refractivity contribution in [2.24, 2.45) is 0 Å². The van der Waals surface area contributed by atoms with E-state index in [0.29, 0.717) is 10.9 Å². The fourth-order valence-electron chi connectivity index (χ4n) is 1.10. The molecular formula is C7H4N4O2S. The van der Waals surface area contributed by atoms with E-state index in [1.807, 2.05) is 0 Å². The van der Waals surface area contributed by atoms with Crippen LogP contribution in [0.4, 0.5) is 5.69 Å². The molecule has 0 fully saturated rings. The molecule has 6 nitrogen and oxygen atoms in total. The van der Waals surface area contributed by atoms with Crippen LogP contribution in [0.3, 0.4) is 0 Å². The maximum absolute atomic E-state index is 10.5. The van der Waals surface area contributed by atoms with Crippen molar-refractivity contribution in [2.45, 2.75) is 0 Å². The van der Waals surface area contributed by atoms with Crippen molar-refractivity contribution in [3.63, 3.8) is 0 Å². The smallest absolute Gasteiger partial charge is 0.259 e. The second-order valence-corrected chi connectivity index (χ2v) is 2.99. The van der Waals surface area contributed by atoms with Crippen LogP contribution in [-0.2, 0) is 0 Å². The third-order valence-corrected chi connectivity index (χ3v) is 2.06. The van der Waals surface area contributed by atoms with Crippen LogP contribution in [0.25, 0.3) is 10.9 Å². The van der Waals surface area contributed by atoms with E-state index in [-0.39, 0.29) is 10.3 Å². The Hall–Kier alpha value is -1.89. The first kappa shape index (κ1) is 8.70. The lowest BCUT2D eigenvalue weighted by Crippen LogP contribution is -1.92. The number of rotatable bonds is 1. The highest BCUT2D eigenvalue weighted by molar-refractivity contribution is 7.71. The monoisotopic (exact) mass is 208 g/mol. The van der Waals surface area contributed by atoms with Gasteiger partial charge in [0.1, 0.15) is 0 Å². The topological polar surface area (TPSA) is 84.7 Å². The molecule has 1 N–H and O–H groups in total. The zero-order valence-corrected chi connectivity index (χ0v) is 7.61. The van der Waals surface area contributed by atoms with E-state index in [1.54, 1.807) is 6.07 Å². The van der Waals surface area contributed by atoms with Crippen LogP contribution < -0.4 is 0 Å². The van der Waals surface area contributed by atoms with Crippen molar-refractivity contribution in [3.05, 3.63) is 33.0 Å². The number of non-ortho nitro benzene ring substituents is 1. The highest BCUT2D eigenvalue weighted by atomic mass is 32.1. The van der Waals surface area contributed by atoms with E-state index in [2.05, 4.69) is 15.4 Å². The van der Waals surface area contributed by atoms with E-state index in [4.69, 9.17) is 12.2 Å². The largest absolute Gasteiger partial charge is 0.270 e. The van der Waals surface area contributed by atoms with Gasteiger partial charge in [0.2, 0.25) is 0 Å². The molecule has 0 atom stereocenters. The summed E-state index contributed by atoms with van der Waals surface area (Å²) in [5.74, 6) is 0. The van der Waals surface area contributed by atoms with Crippen molar-refractivity contribution in [2.75, 3.05) is 0 Å². The van der Waals surface area contributed by atoms with Crippen molar-refractivity contribution < 1.29 is 4.92 Å². The number of hydrogen-bond donors (Lipinski definition) is 1. The lowest BCUT2D eigenvalue weighted by molar-refractivity contribution is -0.384. The molecule has 1 heterocycles. The number of H-pyrrole nitrogens is 1. The molecule has 1 aromatic carbocycles. The van der Waals surface area contributed by atoms with Gasteiger partial charge in [0, 0.05) is 17.5 Å². The lowest BCUT2D eigenvalue weighted by atomic mass is 10.2. The predicted octanol–water partition coefficient (Wildman–Crippen LogP) is 1.60. The van der Waals surface area contributed by atoms with Crippen molar-refractivity contribution >= 4 is 28.8 Å². The number of fused-ring (bicyclic) bond motifs is 1. The minimum atomic E-state index is -0.478. The highest BCUT2D eigenvalue weighted by Crippen LogP contribution is 2.18. The number of aromatic nitrogens is 3. The van der Waals surface area contributed by atoms with Gasteiger partial charge in [0.05, 0.1) is 10.4 Å². The summed E-state index contributed by atoms with van der Waals surface area (Å²) in [7, 11) is 0. The van der Waals surface area contributed by atoms with Gasteiger partial charge in [0.15, 0.2) is 4.64 Å². The van der Waals surface area contributed by atoms with Crippen molar-refractivity contribution in [3.8, 4) is 0 Å². The Balaban J connectivity index is 2.83. The summed E-state index contributed by atoms with van der Waals surface area (Å²) >= 11 is 4.88. The molecule has 0 saturated heterocycles. The summed E-state index contributed by atoms with van der Waals surface area (Å²) in [5.41, 5.74) is 0.626. The molecule has 7 heteroatoms. The lowest BCUT2D eigenvalue weighted by Gasteiger charge is -1.95. The average Bonchev–Trinajstić information content (AvgIpc) is 2.18. The van der Waals surface area contributed by atoms with Crippen LogP contribution in [0.15, 0.2) is 18.2 Å². The first-order valence-electron chi connectivity index (χ1n) is 3.68. The number of nitrogens with zero attached hydrogens (tertiary/aromatic N) is 3. The molecule has 0 aliphatic heterocycles. The average molecular weight is 208 g/mol. The van der Waals surface area contributed by atoms with Crippen LogP contribution >= 0.6 is 12.2 Å². The molecule has 0 aliphatic rings. The summed E-state index contributed by atoms with van der Waals surface area (Å²) in [6.45, 7) is 0. The highest BCUT2D eigenvalue weighted by Gasteiger charge is 2.07. The summed E-state index contributed by atoms with van der Waals surface area (Å²) in [6.07, 6.45) is 0. The Labute approximate surface area is 82.7 Å². The van der Waals surface area contributed by atoms with Crippen LogP contribution in [0, 0.1) is 14.8 Å². The van der Waals surface area contributed by atoms with Gasteiger partial charge in [0.25, 0.3) is 5.69 Å². The molecular weight excluding hydrogens is 204 g/mol. The SMILES string of the molecule is O=[N+]([O-])c1ccc2[nH]nnc(=S)c2c1. The minimum absolute atomic E-state index is 0.00926. The fourth-order valence-corrected chi connectivity index (χ4v) is 1.31.